The highest BCUT2D eigenvalue weighted by Gasteiger charge is 2.05. The maximum absolute atomic E-state index is 9.66. The minimum atomic E-state index is 0.0772. The van der Waals surface area contributed by atoms with E-state index in [1.807, 2.05) is 30.5 Å². The van der Waals surface area contributed by atoms with E-state index >= 15 is 0 Å². The van der Waals surface area contributed by atoms with Crippen molar-refractivity contribution < 1.29 is 5.11 Å². The summed E-state index contributed by atoms with van der Waals surface area (Å²) in [4.78, 5) is 7.27. The van der Waals surface area contributed by atoms with Gasteiger partial charge in [0.2, 0.25) is 0 Å². The number of fused-ring (bicyclic) bond motifs is 1. The summed E-state index contributed by atoms with van der Waals surface area (Å²) in [6.07, 6.45) is 3.51. The van der Waals surface area contributed by atoms with Crippen LogP contribution in [0.1, 0.15) is 0 Å². The number of hydrogen-bond donors (Lipinski definition) is 2. The van der Waals surface area contributed by atoms with E-state index in [0.717, 1.165) is 16.5 Å². The number of benzene rings is 1. The first-order valence-electron chi connectivity index (χ1n) is 4.98. The molecule has 2 aromatic heterocycles. The summed E-state index contributed by atoms with van der Waals surface area (Å²) in [7, 11) is 0. The molecule has 0 aliphatic heterocycles. The summed E-state index contributed by atoms with van der Waals surface area (Å²) in [5.41, 5.74) is 2.46. The van der Waals surface area contributed by atoms with Crippen LogP contribution in [0.4, 0.5) is 0 Å². The zero-order valence-electron chi connectivity index (χ0n) is 8.44. The number of aromatic amines is 1. The Labute approximate surface area is 92.4 Å². The van der Waals surface area contributed by atoms with Crippen LogP contribution in [0.5, 0.6) is 5.75 Å². The Bertz CT molecular complexity index is 643. The van der Waals surface area contributed by atoms with Crippen LogP contribution in [-0.2, 0) is 0 Å². The van der Waals surface area contributed by atoms with Crippen molar-refractivity contribution in [1.29, 1.82) is 0 Å². The fraction of sp³-hybridized carbons (Fsp3) is 0. The van der Waals surface area contributed by atoms with Crippen molar-refractivity contribution in [2.75, 3.05) is 0 Å². The Morgan fingerprint density at radius 2 is 2.19 bits per heavy atom. The third kappa shape index (κ3) is 1.34. The Kier molecular flexibility index (Phi) is 1.90. The molecule has 0 bridgehead atoms. The fourth-order valence-electron chi connectivity index (χ4n) is 1.76. The first kappa shape index (κ1) is 8.97. The number of pyridine rings is 1. The third-order valence-electron chi connectivity index (χ3n) is 2.55. The monoisotopic (exact) mass is 209 g/mol. The van der Waals surface area contributed by atoms with Crippen LogP contribution >= 0.6 is 0 Å². The number of nitrogens with one attached hydrogen (secondary N) is 1. The number of rotatable bonds is 1. The number of aromatic hydroxyl groups is 1. The highest BCUT2D eigenvalue weighted by atomic mass is 16.3. The molecule has 0 spiro atoms. The first-order chi connectivity index (χ1) is 7.84. The van der Waals surface area contributed by atoms with E-state index in [1.54, 1.807) is 12.3 Å². The van der Waals surface area contributed by atoms with E-state index in [-0.39, 0.29) is 5.75 Å². The fourth-order valence-corrected chi connectivity index (χ4v) is 1.76. The van der Waals surface area contributed by atoms with Gasteiger partial charge in [0, 0.05) is 29.5 Å². The van der Waals surface area contributed by atoms with Crippen LogP contribution in [0.2, 0.25) is 0 Å². The van der Waals surface area contributed by atoms with Gasteiger partial charge < -0.3 is 10.1 Å². The average Bonchev–Trinajstić information content (AvgIpc) is 2.76. The van der Waals surface area contributed by atoms with Gasteiger partial charge in [-0.05, 0) is 23.6 Å². The lowest BCUT2D eigenvalue weighted by Crippen LogP contribution is -1.83. The van der Waals surface area contributed by atoms with Crippen LogP contribution in [-0.4, -0.2) is 15.1 Å². The Hall–Kier alpha value is -2.29. The Morgan fingerprint density at radius 3 is 3.06 bits per heavy atom. The standard InChI is InChI=1S/C13H9N2O/c16-12-2-1-6-15-13(12)10-4-3-9-5-7-14-11(9)8-10/h1,3-8,14,16H. The maximum Gasteiger partial charge on any atom is 0.149 e. The first-order valence-corrected chi connectivity index (χ1v) is 4.98. The van der Waals surface area contributed by atoms with Crippen molar-refractivity contribution >= 4 is 10.9 Å². The van der Waals surface area contributed by atoms with Gasteiger partial charge in [0.1, 0.15) is 11.4 Å². The van der Waals surface area contributed by atoms with E-state index < -0.39 is 0 Å². The lowest BCUT2D eigenvalue weighted by atomic mass is 10.1. The largest absolute Gasteiger partial charge is 0.505 e. The average molecular weight is 209 g/mol. The molecule has 0 aliphatic carbocycles. The zero-order valence-corrected chi connectivity index (χ0v) is 8.44. The van der Waals surface area contributed by atoms with Gasteiger partial charge in [-0.1, -0.05) is 12.1 Å². The van der Waals surface area contributed by atoms with Crippen molar-refractivity contribution in [1.82, 2.24) is 9.97 Å². The van der Waals surface area contributed by atoms with Gasteiger partial charge >= 0.3 is 0 Å². The van der Waals surface area contributed by atoms with E-state index in [1.165, 1.54) is 0 Å². The van der Waals surface area contributed by atoms with Gasteiger partial charge in [-0.3, -0.25) is 4.98 Å². The second-order valence-corrected chi connectivity index (χ2v) is 3.57. The van der Waals surface area contributed by atoms with E-state index in [4.69, 9.17) is 0 Å². The van der Waals surface area contributed by atoms with Crippen molar-refractivity contribution in [3.8, 4) is 17.0 Å². The smallest absolute Gasteiger partial charge is 0.149 e. The van der Waals surface area contributed by atoms with E-state index in [2.05, 4.69) is 16.0 Å². The molecular formula is C13H9N2O. The highest BCUT2D eigenvalue weighted by molar-refractivity contribution is 5.84. The molecule has 3 heteroatoms. The molecule has 0 aliphatic rings. The van der Waals surface area contributed by atoms with Gasteiger partial charge in [-0.2, -0.15) is 0 Å². The zero-order chi connectivity index (χ0) is 11.0. The molecule has 1 aromatic carbocycles. The minimum absolute atomic E-state index is 0.0772. The number of hydrogen-bond acceptors (Lipinski definition) is 2. The molecule has 0 saturated heterocycles. The summed E-state index contributed by atoms with van der Waals surface area (Å²) in [5, 5.41) is 10.8. The van der Waals surface area contributed by atoms with Crippen molar-refractivity contribution in [3.05, 3.63) is 48.8 Å². The molecule has 3 aromatic rings. The molecular weight excluding hydrogens is 200 g/mol. The number of aromatic nitrogens is 2. The third-order valence-corrected chi connectivity index (χ3v) is 2.55. The molecule has 0 unspecified atom stereocenters. The molecule has 0 fully saturated rings. The van der Waals surface area contributed by atoms with E-state index in [0.29, 0.717) is 5.69 Å². The molecule has 77 valence electrons. The quantitative estimate of drug-likeness (QED) is 0.647. The maximum atomic E-state index is 9.66. The topological polar surface area (TPSA) is 48.9 Å². The highest BCUT2D eigenvalue weighted by Crippen LogP contribution is 2.27. The molecule has 2 N–H and O–H groups in total. The van der Waals surface area contributed by atoms with Gasteiger partial charge in [-0.15, -0.1) is 0 Å². The normalized spacial score (nSPS) is 10.8. The van der Waals surface area contributed by atoms with Crippen molar-refractivity contribution in [2.24, 2.45) is 0 Å². The second kappa shape index (κ2) is 3.38. The lowest BCUT2D eigenvalue weighted by molar-refractivity contribution is 0.474. The summed E-state index contributed by atoms with van der Waals surface area (Å²) in [5.74, 6) is 0.0772. The van der Waals surface area contributed by atoms with Crippen molar-refractivity contribution in [2.45, 2.75) is 0 Å². The molecule has 0 amide bonds. The second-order valence-electron chi connectivity index (χ2n) is 3.57. The SMILES string of the molecule is Oc1[c]ccnc1-c1ccc2cc[nH]c2c1. The van der Waals surface area contributed by atoms with Gasteiger partial charge in [0.15, 0.2) is 0 Å². The summed E-state index contributed by atoms with van der Waals surface area (Å²) >= 11 is 0. The molecule has 3 nitrogen and oxygen atoms in total. The molecule has 0 atom stereocenters. The van der Waals surface area contributed by atoms with Crippen LogP contribution in [0.15, 0.2) is 42.7 Å². The molecule has 0 saturated carbocycles. The summed E-state index contributed by atoms with van der Waals surface area (Å²) in [6.45, 7) is 0. The lowest BCUT2D eigenvalue weighted by Gasteiger charge is -2.02. The van der Waals surface area contributed by atoms with E-state index in [9.17, 15) is 5.11 Å². The molecule has 16 heavy (non-hydrogen) atoms. The van der Waals surface area contributed by atoms with Crippen molar-refractivity contribution in [3.63, 3.8) is 0 Å². The molecule has 1 radical (unpaired) electrons. The van der Waals surface area contributed by atoms with Gasteiger partial charge in [0.25, 0.3) is 0 Å². The predicted molar refractivity (Wildman–Crippen MR) is 62.0 cm³/mol. The predicted octanol–water partition coefficient (Wildman–Crippen LogP) is 2.74. The van der Waals surface area contributed by atoms with Gasteiger partial charge in [-0.25, -0.2) is 0 Å². The van der Waals surface area contributed by atoms with Crippen LogP contribution in [0, 0.1) is 6.07 Å². The molecule has 2 heterocycles. The van der Waals surface area contributed by atoms with Gasteiger partial charge in [0.05, 0.1) is 0 Å². The molecule has 3 rings (SSSR count). The summed E-state index contributed by atoms with van der Waals surface area (Å²) < 4.78 is 0. The number of H-pyrrole nitrogens is 1. The minimum Gasteiger partial charge on any atom is -0.505 e. The summed E-state index contributed by atoms with van der Waals surface area (Å²) in [6, 6.07) is 12.2. The number of nitrogens with zero attached hydrogens (tertiary/aromatic N) is 1. The van der Waals surface area contributed by atoms with Crippen LogP contribution < -0.4 is 0 Å². The van der Waals surface area contributed by atoms with Crippen LogP contribution in [0.25, 0.3) is 22.2 Å². The Balaban J connectivity index is 2.22. The Morgan fingerprint density at radius 1 is 1.25 bits per heavy atom. The van der Waals surface area contributed by atoms with Crippen LogP contribution in [0.3, 0.4) is 0 Å².